The molecule has 0 aliphatic rings. The number of halogens is 1. The fraction of sp³-hybridized carbons (Fsp3) is 0.182. The third-order valence-corrected chi connectivity index (χ3v) is 2.24. The molecule has 0 saturated heterocycles. The summed E-state index contributed by atoms with van der Waals surface area (Å²) in [5.74, 6) is -0.381. The lowest BCUT2D eigenvalue weighted by molar-refractivity contribution is -0.135. The van der Waals surface area contributed by atoms with Gasteiger partial charge < -0.3 is 10.5 Å². The average Bonchev–Trinajstić information content (AvgIpc) is 2.22. The van der Waals surface area contributed by atoms with E-state index >= 15 is 0 Å². The Labute approximate surface area is 93.5 Å². The second-order valence-electron chi connectivity index (χ2n) is 3.10. The molecule has 3 nitrogen and oxygen atoms in total. The van der Waals surface area contributed by atoms with Gasteiger partial charge in [0.15, 0.2) is 0 Å². The highest BCUT2D eigenvalue weighted by atomic mass is 35.5. The number of hydrogen-bond donors (Lipinski definition) is 1. The van der Waals surface area contributed by atoms with Gasteiger partial charge in [0.05, 0.1) is 7.11 Å². The summed E-state index contributed by atoms with van der Waals surface area (Å²) in [6.45, 7) is 1.66. The molecule has 1 aromatic rings. The van der Waals surface area contributed by atoms with Crippen molar-refractivity contribution in [1.29, 1.82) is 0 Å². The molecule has 0 atom stereocenters. The van der Waals surface area contributed by atoms with Crippen molar-refractivity contribution in [3.63, 3.8) is 0 Å². The summed E-state index contributed by atoms with van der Waals surface area (Å²) >= 11 is 5.94. The van der Waals surface area contributed by atoms with E-state index in [4.69, 9.17) is 17.3 Å². The van der Waals surface area contributed by atoms with E-state index in [2.05, 4.69) is 4.74 Å². The van der Waals surface area contributed by atoms with Gasteiger partial charge in [-0.05, 0) is 36.8 Å². The molecule has 0 radical (unpaired) electrons. The van der Waals surface area contributed by atoms with Gasteiger partial charge in [0.1, 0.15) is 0 Å². The van der Waals surface area contributed by atoms with Crippen LogP contribution < -0.4 is 5.73 Å². The standard InChI is InChI=1S/C11H12ClNO2/c1-7(11(14)15-2)5-8-6-9(13)3-4-10(8)12/h3-6H,13H2,1-2H3. The van der Waals surface area contributed by atoms with E-state index in [0.717, 1.165) is 0 Å². The number of carbonyl (C=O) groups excluding carboxylic acids is 1. The Morgan fingerprint density at radius 1 is 1.53 bits per heavy atom. The van der Waals surface area contributed by atoms with E-state index in [9.17, 15) is 4.79 Å². The van der Waals surface area contributed by atoms with Crippen LogP contribution in [-0.4, -0.2) is 13.1 Å². The number of ether oxygens (including phenoxy) is 1. The number of anilines is 1. The molecule has 4 heteroatoms. The van der Waals surface area contributed by atoms with Gasteiger partial charge >= 0.3 is 5.97 Å². The lowest BCUT2D eigenvalue weighted by Gasteiger charge is -2.02. The number of benzene rings is 1. The Morgan fingerprint density at radius 2 is 2.20 bits per heavy atom. The van der Waals surface area contributed by atoms with Crippen LogP contribution in [0.4, 0.5) is 5.69 Å². The van der Waals surface area contributed by atoms with Crippen LogP contribution in [0.25, 0.3) is 6.08 Å². The van der Waals surface area contributed by atoms with E-state index in [1.54, 1.807) is 31.2 Å². The summed E-state index contributed by atoms with van der Waals surface area (Å²) in [4.78, 5) is 11.1. The van der Waals surface area contributed by atoms with Crippen molar-refractivity contribution in [2.75, 3.05) is 12.8 Å². The second kappa shape index (κ2) is 4.84. The highest BCUT2D eigenvalue weighted by Crippen LogP contribution is 2.21. The van der Waals surface area contributed by atoms with Crippen LogP contribution in [-0.2, 0) is 9.53 Å². The van der Waals surface area contributed by atoms with Crippen LogP contribution in [0, 0.1) is 0 Å². The van der Waals surface area contributed by atoms with Crippen molar-refractivity contribution in [1.82, 2.24) is 0 Å². The lowest BCUT2D eigenvalue weighted by Crippen LogP contribution is -2.01. The first-order valence-corrected chi connectivity index (χ1v) is 4.74. The van der Waals surface area contributed by atoms with E-state index in [0.29, 0.717) is 21.8 Å². The molecule has 0 heterocycles. The zero-order chi connectivity index (χ0) is 11.4. The third-order valence-electron chi connectivity index (χ3n) is 1.90. The summed E-state index contributed by atoms with van der Waals surface area (Å²) in [7, 11) is 1.33. The zero-order valence-electron chi connectivity index (χ0n) is 8.58. The Morgan fingerprint density at radius 3 is 2.80 bits per heavy atom. The predicted octanol–water partition coefficient (Wildman–Crippen LogP) is 2.50. The van der Waals surface area contributed by atoms with E-state index in [-0.39, 0.29) is 5.97 Å². The minimum atomic E-state index is -0.381. The molecule has 0 bridgehead atoms. The molecule has 0 amide bonds. The molecule has 1 rings (SSSR count). The Hall–Kier alpha value is -1.48. The van der Waals surface area contributed by atoms with Crippen LogP contribution in [0.2, 0.25) is 5.02 Å². The maximum absolute atomic E-state index is 11.1. The smallest absolute Gasteiger partial charge is 0.333 e. The van der Waals surface area contributed by atoms with Gasteiger partial charge in [0.25, 0.3) is 0 Å². The summed E-state index contributed by atoms with van der Waals surface area (Å²) in [5, 5.41) is 0.549. The van der Waals surface area contributed by atoms with Gasteiger partial charge in [-0.2, -0.15) is 0 Å². The summed E-state index contributed by atoms with van der Waals surface area (Å²) in [6, 6.07) is 5.09. The quantitative estimate of drug-likeness (QED) is 0.478. The molecule has 0 saturated carbocycles. The van der Waals surface area contributed by atoms with Crippen LogP contribution in [0.1, 0.15) is 12.5 Å². The second-order valence-corrected chi connectivity index (χ2v) is 3.51. The fourth-order valence-electron chi connectivity index (χ4n) is 1.13. The van der Waals surface area contributed by atoms with Gasteiger partial charge in [0, 0.05) is 16.3 Å². The van der Waals surface area contributed by atoms with Crippen LogP contribution in [0.3, 0.4) is 0 Å². The van der Waals surface area contributed by atoms with Crippen molar-refractivity contribution in [3.05, 3.63) is 34.4 Å². The van der Waals surface area contributed by atoms with Crippen molar-refractivity contribution in [2.45, 2.75) is 6.92 Å². The van der Waals surface area contributed by atoms with E-state index in [1.165, 1.54) is 7.11 Å². The maximum atomic E-state index is 11.1. The Balaban J connectivity index is 3.07. The molecule has 15 heavy (non-hydrogen) atoms. The topological polar surface area (TPSA) is 52.3 Å². The molecule has 2 N–H and O–H groups in total. The molecule has 0 spiro atoms. The number of nitrogens with two attached hydrogens (primary N) is 1. The van der Waals surface area contributed by atoms with Crippen LogP contribution >= 0.6 is 11.6 Å². The minimum Gasteiger partial charge on any atom is -0.466 e. The van der Waals surface area contributed by atoms with Gasteiger partial charge in [-0.3, -0.25) is 0 Å². The number of nitrogen functional groups attached to an aromatic ring is 1. The summed E-state index contributed by atoms with van der Waals surface area (Å²) in [5.41, 5.74) is 7.39. The van der Waals surface area contributed by atoms with Gasteiger partial charge in [-0.15, -0.1) is 0 Å². The van der Waals surface area contributed by atoms with Crippen molar-refractivity contribution >= 4 is 29.3 Å². The minimum absolute atomic E-state index is 0.381. The zero-order valence-corrected chi connectivity index (χ0v) is 9.34. The third kappa shape index (κ3) is 2.99. The number of carbonyl (C=O) groups is 1. The molecular formula is C11H12ClNO2. The monoisotopic (exact) mass is 225 g/mol. The first kappa shape index (κ1) is 11.6. The number of rotatable bonds is 2. The molecule has 80 valence electrons. The van der Waals surface area contributed by atoms with Crippen LogP contribution in [0.5, 0.6) is 0 Å². The van der Waals surface area contributed by atoms with Crippen LogP contribution in [0.15, 0.2) is 23.8 Å². The molecule has 1 aromatic carbocycles. The fourth-order valence-corrected chi connectivity index (χ4v) is 1.30. The van der Waals surface area contributed by atoms with E-state index in [1.807, 2.05) is 0 Å². The maximum Gasteiger partial charge on any atom is 0.333 e. The molecule has 0 aliphatic carbocycles. The number of hydrogen-bond acceptors (Lipinski definition) is 3. The SMILES string of the molecule is COC(=O)C(C)=Cc1cc(N)ccc1Cl. The molecule has 0 unspecified atom stereocenters. The molecule has 0 aliphatic heterocycles. The summed E-state index contributed by atoms with van der Waals surface area (Å²) < 4.78 is 4.57. The summed E-state index contributed by atoms with van der Waals surface area (Å²) in [6.07, 6.45) is 1.64. The normalized spacial score (nSPS) is 11.3. The first-order chi connectivity index (χ1) is 7.04. The molecular weight excluding hydrogens is 214 g/mol. The predicted molar refractivity (Wildman–Crippen MR) is 61.5 cm³/mol. The van der Waals surface area contributed by atoms with Crippen molar-refractivity contribution in [2.24, 2.45) is 0 Å². The van der Waals surface area contributed by atoms with Gasteiger partial charge in [0.2, 0.25) is 0 Å². The Kier molecular flexibility index (Phi) is 3.74. The highest BCUT2D eigenvalue weighted by Gasteiger charge is 2.05. The molecule has 0 aromatic heterocycles. The van der Waals surface area contributed by atoms with Crippen molar-refractivity contribution < 1.29 is 9.53 Å². The lowest BCUT2D eigenvalue weighted by atomic mass is 10.1. The number of esters is 1. The van der Waals surface area contributed by atoms with Crippen molar-refractivity contribution in [3.8, 4) is 0 Å². The average molecular weight is 226 g/mol. The Bertz CT molecular complexity index is 413. The van der Waals surface area contributed by atoms with Gasteiger partial charge in [-0.25, -0.2) is 4.79 Å². The van der Waals surface area contributed by atoms with E-state index < -0.39 is 0 Å². The van der Waals surface area contributed by atoms with Gasteiger partial charge in [-0.1, -0.05) is 11.6 Å². The number of methoxy groups -OCH3 is 1. The largest absolute Gasteiger partial charge is 0.466 e. The highest BCUT2D eigenvalue weighted by molar-refractivity contribution is 6.32. The molecule has 0 fully saturated rings. The first-order valence-electron chi connectivity index (χ1n) is 4.36.